The minimum atomic E-state index is -0.845. The minimum absolute atomic E-state index is 0.0108. The van der Waals surface area contributed by atoms with Crippen LogP contribution in [-0.4, -0.2) is 10.0 Å². The van der Waals surface area contributed by atoms with Crippen molar-refractivity contribution in [2.75, 3.05) is 0 Å². The Hall–Kier alpha value is -1.43. The van der Waals surface area contributed by atoms with Crippen LogP contribution in [-0.2, 0) is 6.42 Å². The van der Waals surface area contributed by atoms with Gasteiger partial charge >= 0.3 is 0 Å². The van der Waals surface area contributed by atoms with Crippen molar-refractivity contribution < 1.29 is 10.0 Å². The molecule has 0 spiro atoms. The number of hydrogen-bond donors (Lipinski definition) is 1. The summed E-state index contributed by atoms with van der Waals surface area (Å²) in [5, 5.41) is 21.8. The lowest BCUT2D eigenvalue weighted by Crippen LogP contribution is -2.05. The summed E-state index contributed by atoms with van der Waals surface area (Å²) in [4.78, 5) is 10.5. The highest BCUT2D eigenvalue weighted by molar-refractivity contribution is 9.10. The van der Waals surface area contributed by atoms with Gasteiger partial charge in [-0.2, -0.15) is 0 Å². The average Bonchev–Trinajstić information content (AvgIpc) is 2.38. The Kier molecular flexibility index (Phi) is 4.75. The van der Waals surface area contributed by atoms with Crippen LogP contribution in [0, 0.1) is 10.1 Å². The van der Waals surface area contributed by atoms with E-state index in [-0.39, 0.29) is 12.1 Å². The molecule has 0 saturated carbocycles. The molecule has 0 aliphatic rings. The molecule has 104 valence electrons. The molecule has 1 unspecified atom stereocenters. The van der Waals surface area contributed by atoms with Crippen LogP contribution in [0.1, 0.15) is 17.2 Å². The van der Waals surface area contributed by atoms with Gasteiger partial charge < -0.3 is 5.11 Å². The molecule has 0 aromatic heterocycles. The van der Waals surface area contributed by atoms with E-state index in [0.717, 1.165) is 0 Å². The number of nitro groups is 1. The first-order valence-corrected chi connectivity index (χ1v) is 7.01. The summed E-state index contributed by atoms with van der Waals surface area (Å²) in [6.07, 6.45) is -0.681. The number of halogens is 2. The molecule has 1 N–H and O–H groups in total. The monoisotopic (exact) mass is 355 g/mol. The summed E-state index contributed by atoms with van der Waals surface area (Å²) in [5.74, 6) is 0. The number of benzene rings is 2. The summed E-state index contributed by atoms with van der Waals surface area (Å²) in [6.45, 7) is 0. The quantitative estimate of drug-likeness (QED) is 0.656. The smallest absolute Gasteiger partial charge is 0.272 e. The first-order chi connectivity index (χ1) is 9.49. The van der Waals surface area contributed by atoms with Crippen molar-refractivity contribution in [1.29, 1.82) is 0 Å². The zero-order valence-corrected chi connectivity index (χ0v) is 12.6. The Morgan fingerprint density at radius 3 is 2.65 bits per heavy atom. The fourth-order valence-electron chi connectivity index (χ4n) is 1.95. The van der Waals surface area contributed by atoms with E-state index < -0.39 is 11.0 Å². The van der Waals surface area contributed by atoms with Crippen molar-refractivity contribution in [2.24, 2.45) is 0 Å². The Morgan fingerprint density at radius 1 is 1.30 bits per heavy atom. The van der Waals surface area contributed by atoms with E-state index >= 15 is 0 Å². The third kappa shape index (κ3) is 3.36. The lowest BCUT2D eigenvalue weighted by molar-refractivity contribution is -0.385. The molecule has 0 aliphatic heterocycles. The van der Waals surface area contributed by atoms with E-state index in [1.807, 2.05) is 0 Å². The number of rotatable bonds is 4. The van der Waals surface area contributed by atoms with Crippen molar-refractivity contribution >= 4 is 33.2 Å². The van der Waals surface area contributed by atoms with Crippen LogP contribution in [0.4, 0.5) is 5.69 Å². The molecule has 0 radical (unpaired) electrons. The Morgan fingerprint density at radius 2 is 2.00 bits per heavy atom. The SMILES string of the molecule is O=[N+]([O-])c1ccccc1CC(O)c1ccc(Cl)cc1Br. The molecule has 0 aliphatic carbocycles. The highest BCUT2D eigenvalue weighted by Gasteiger charge is 2.18. The van der Waals surface area contributed by atoms with Crippen LogP contribution in [0.25, 0.3) is 0 Å². The van der Waals surface area contributed by atoms with E-state index in [9.17, 15) is 15.2 Å². The zero-order chi connectivity index (χ0) is 14.7. The number of hydrogen-bond acceptors (Lipinski definition) is 3. The van der Waals surface area contributed by atoms with Gasteiger partial charge in [-0.25, -0.2) is 0 Å². The molecule has 0 fully saturated rings. The van der Waals surface area contributed by atoms with Gasteiger partial charge in [0.05, 0.1) is 11.0 Å². The average molecular weight is 357 g/mol. The fraction of sp³-hybridized carbons (Fsp3) is 0.143. The molecule has 2 rings (SSSR count). The van der Waals surface area contributed by atoms with E-state index in [2.05, 4.69) is 15.9 Å². The number of nitrogens with zero attached hydrogens (tertiary/aromatic N) is 1. The van der Waals surface area contributed by atoms with Crippen LogP contribution in [0.5, 0.6) is 0 Å². The zero-order valence-electron chi connectivity index (χ0n) is 10.3. The second kappa shape index (κ2) is 6.35. The summed E-state index contributed by atoms with van der Waals surface area (Å²) in [7, 11) is 0. The highest BCUT2D eigenvalue weighted by atomic mass is 79.9. The predicted molar refractivity (Wildman–Crippen MR) is 80.9 cm³/mol. The first-order valence-electron chi connectivity index (χ1n) is 5.84. The third-order valence-corrected chi connectivity index (χ3v) is 3.84. The van der Waals surface area contributed by atoms with Crippen LogP contribution in [0.15, 0.2) is 46.9 Å². The second-order valence-electron chi connectivity index (χ2n) is 4.27. The number of nitro benzene ring substituents is 1. The van der Waals surface area contributed by atoms with Crippen molar-refractivity contribution in [3.05, 3.63) is 73.2 Å². The van der Waals surface area contributed by atoms with Gasteiger partial charge in [-0.15, -0.1) is 0 Å². The molecular weight excluding hydrogens is 346 g/mol. The van der Waals surface area contributed by atoms with E-state index in [1.54, 1.807) is 36.4 Å². The van der Waals surface area contributed by atoms with Gasteiger partial charge in [0.1, 0.15) is 0 Å². The molecule has 6 heteroatoms. The third-order valence-electron chi connectivity index (χ3n) is 2.92. The number of para-hydroxylation sites is 1. The lowest BCUT2D eigenvalue weighted by Gasteiger charge is -2.13. The maximum absolute atomic E-state index is 10.9. The molecular formula is C14H11BrClNO3. The van der Waals surface area contributed by atoms with Gasteiger partial charge in [0.25, 0.3) is 5.69 Å². The standard InChI is InChI=1S/C14H11BrClNO3/c15-12-8-10(16)5-6-11(12)14(18)7-9-3-1-2-4-13(9)17(19)20/h1-6,8,14,18H,7H2. The van der Waals surface area contributed by atoms with Crippen molar-refractivity contribution in [1.82, 2.24) is 0 Å². The molecule has 0 heterocycles. The van der Waals surface area contributed by atoms with Crippen LogP contribution < -0.4 is 0 Å². The van der Waals surface area contributed by atoms with Crippen molar-refractivity contribution in [2.45, 2.75) is 12.5 Å². The Labute approximate surface area is 129 Å². The topological polar surface area (TPSA) is 63.4 Å². The Bertz CT molecular complexity index is 648. The van der Waals surface area contributed by atoms with E-state index in [4.69, 9.17) is 11.6 Å². The van der Waals surface area contributed by atoms with Crippen molar-refractivity contribution in [3.63, 3.8) is 0 Å². The molecule has 0 amide bonds. The van der Waals surface area contributed by atoms with E-state index in [0.29, 0.717) is 20.6 Å². The van der Waals surface area contributed by atoms with Crippen molar-refractivity contribution in [3.8, 4) is 0 Å². The van der Waals surface area contributed by atoms with Gasteiger partial charge in [-0.1, -0.05) is 51.8 Å². The van der Waals surface area contributed by atoms with Gasteiger partial charge in [0.2, 0.25) is 0 Å². The molecule has 2 aromatic carbocycles. The van der Waals surface area contributed by atoms with Gasteiger partial charge in [0, 0.05) is 27.5 Å². The van der Waals surface area contributed by atoms with Crippen LogP contribution >= 0.6 is 27.5 Å². The van der Waals surface area contributed by atoms with Gasteiger partial charge in [-0.05, 0) is 17.7 Å². The van der Waals surface area contributed by atoms with Gasteiger partial charge in [-0.3, -0.25) is 10.1 Å². The summed E-state index contributed by atoms with van der Waals surface area (Å²) >= 11 is 9.18. The molecule has 4 nitrogen and oxygen atoms in total. The number of aliphatic hydroxyl groups excluding tert-OH is 1. The molecule has 0 bridgehead atoms. The normalized spacial score (nSPS) is 12.2. The predicted octanol–water partition coefficient (Wildman–Crippen LogP) is 4.29. The summed E-state index contributed by atoms with van der Waals surface area (Å²) in [5.41, 5.74) is 1.15. The highest BCUT2D eigenvalue weighted by Crippen LogP contribution is 2.30. The van der Waals surface area contributed by atoms with E-state index in [1.165, 1.54) is 6.07 Å². The maximum Gasteiger partial charge on any atom is 0.272 e. The molecule has 20 heavy (non-hydrogen) atoms. The minimum Gasteiger partial charge on any atom is -0.388 e. The second-order valence-corrected chi connectivity index (χ2v) is 5.56. The Balaban J connectivity index is 2.28. The van der Waals surface area contributed by atoms with Crippen LogP contribution in [0.2, 0.25) is 5.02 Å². The molecule has 2 aromatic rings. The number of aliphatic hydroxyl groups is 1. The van der Waals surface area contributed by atoms with Crippen LogP contribution in [0.3, 0.4) is 0 Å². The first kappa shape index (κ1) is 15.0. The largest absolute Gasteiger partial charge is 0.388 e. The summed E-state index contributed by atoms with van der Waals surface area (Å²) < 4.78 is 0.677. The maximum atomic E-state index is 10.9. The molecule has 0 saturated heterocycles. The molecule has 1 atom stereocenters. The summed E-state index contributed by atoms with van der Waals surface area (Å²) in [6, 6.07) is 11.4. The fourth-order valence-corrected chi connectivity index (χ4v) is 2.90. The lowest BCUT2D eigenvalue weighted by atomic mass is 10.0. The van der Waals surface area contributed by atoms with Gasteiger partial charge in [0.15, 0.2) is 0 Å².